The molecular formula is C40H52F3N5O9S. The number of ether oxygens (including phenoxy) is 2. The lowest BCUT2D eigenvalue weighted by Gasteiger charge is -2.45. The summed E-state index contributed by atoms with van der Waals surface area (Å²) < 4.78 is 84.3. The lowest BCUT2D eigenvalue weighted by Crippen LogP contribution is -2.66. The molecule has 58 heavy (non-hydrogen) atoms. The Balaban J connectivity index is 1.42. The third-order valence-corrected chi connectivity index (χ3v) is 13.5. The minimum atomic E-state index is -5.09. The number of halogens is 3. The van der Waals surface area contributed by atoms with Crippen LogP contribution in [0.15, 0.2) is 42.6 Å². The van der Waals surface area contributed by atoms with Crippen LogP contribution in [0.4, 0.5) is 18.0 Å². The normalized spacial score (nSPS) is 28.5. The number of carbonyl (C=O) groups is 4. The molecule has 3 N–H and O–H groups in total. The average Bonchev–Trinajstić information content (AvgIpc) is 4.05. The molecule has 4 aliphatic rings. The number of hydrogen-bond donors (Lipinski definition) is 3. The van der Waals surface area contributed by atoms with Crippen molar-refractivity contribution in [3.63, 3.8) is 0 Å². The second kappa shape index (κ2) is 15.9. The number of aromatic nitrogens is 1. The molecule has 14 nitrogen and oxygen atoms in total. The predicted octanol–water partition coefficient (Wildman–Crippen LogP) is 5.56. The fraction of sp³-hybridized carbons (Fsp3) is 0.625. The number of hydrogen-bond acceptors (Lipinski definition) is 9. The molecular weight excluding hydrogens is 784 g/mol. The summed E-state index contributed by atoms with van der Waals surface area (Å²) >= 11 is 0. The van der Waals surface area contributed by atoms with E-state index in [0.717, 1.165) is 4.90 Å². The second-order valence-corrected chi connectivity index (χ2v) is 19.0. The zero-order valence-corrected chi connectivity index (χ0v) is 34.2. The Bertz CT molecular complexity index is 2070. The van der Waals surface area contributed by atoms with Gasteiger partial charge < -0.3 is 24.8 Å². The van der Waals surface area contributed by atoms with Crippen molar-refractivity contribution in [2.75, 3.05) is 6.54 Å². The van der Waals surface area contributed by atoms with Crippen molar-refractivity contribution in [3.8, 4) is 11.6 Å². The topological polar surface area (TPSA) is 185 Å². The zero-order valence-electron chi connectivity index (χ0n) is 33.4. The van der Waals surface area contributed by atoms with Crippen LogP contribution in [-0.2, 0) is 24.4 Å². The highest BCUT2D eigenvalue weighted by Crippen LogP contribution is 2.47. The van der Waals surface area contributed by atoms with E-state index in [1.807, 2.05) is 26.8 Å². The Hall–Kier alpha value is -4.61. The lowest BCUT2D eigenvalue weighted by atomic mass is 9.85. The Kier molecular flexibility index (Phi) is 11.8. The molecule has 318 valence electrons. The second-order valence-electron chi connectivity index (χ2n) is 17.0. The van der Waals surface area contributed by atoms with Crippen LogP contribution in [0.25, 0.3) is 10.8 Å². The maximum absolute atomic E-state index is 15.0. The largest absolute Gasteiger partial charge is 0.489 e. The maximum atomic E-state index is 15.0. The summed E-state index contributed by atoms with van der Waals surface area (Å²) in [6.45, 7) is 8.13. The number of fused-ring (bicyclic) bond motifs is 3. The molecule has 2 aliphatic carbocycles. The van der Waals surface area contributed by atoms with Gasteiger partial charge in [-0.1, -0.05) is 44.2 Å². The van der Waals surface area contributed by atoms with Gasteiger partial charge in [-0.15, -0.1) is 0 Å². The number of allylic oxidation sites excluding steroid dienone is 1. The van der Waals surface area contributed by atoms with Gasteiger partial charge in [-0.05, 0) is 84.1 Å². The van der Waals surface area contributed by atoms with Crippen molar-refractivity contribution in [2.45, 2.75) is 133 Å². The number of nitrogens with one attached hydrogen (secondary N) is 2. The molecule has 7 atom stereocenters. The summed E-state index contributed by atoms with van der Waals surface area (Å²) in [4.78, 5) is 61.9. The molecule has 3 fully saturated rings. The molecule has 1 saturated heterocycles. The highest BCUT2D eigenvalue weighted by Gasteiger charge is 2.63. The van der Waals surface area contributed by atoms with E-state index in [1.165, 1.54) is 13.1 Å². The fourth-order valence-electron chi connectivity index (χ4n) is 8.23. The van der Waals surface area contributed by atoms with Crippen molar-refractivity contribution in [1.29, 1.82) is 0 Å². The van der Waals surface area contributed by atoms with Crippen LogP contribution in [0, 0.1) is 17.8 Å². The van der Waals surface area contributed by atoms with Crippen LogP contribution in [0.3, 0.4) is 0 Å². The fourth-order valence-corrected chi connectivity index (χ4v) is 9.59. The number of rotatable bonds is 9. The minimum Gasteiger partial charge on any atom is -0.489 e. The number of carboxylic acid groups (broad SMARTS) is 1. The predicted molar refractivity (Wildman–Crippen MR) is 206 cm³/mol. The third-order valence-electron chi connectivity index (χ3n) is 11.7. The number of alkyl halides is 3. The molecule has 3 heterocycles. The van der Waals surface area contributed by atoms with E-state index in [-0.39, 0.29) is 48.6 Å². The molecule has 2 saturated carbocycles. The Labute approximate surface area is 335 Å². The Morgan fingerprint density at radius 1 is 1.09 bits per heavy atom. The molecule has 2 aliphatic heterocycles. The van der Waals surface area contributed by atoms with E-state index in [9.17, 15) is 45.9 Å². The van der Waals surface area contributed by atoms with Crippen LogP contribution in [-0.4, -0.2) is 105 Å². The highest BCUT2D eigenvalue weighted by atomic mass is 32.2. The van der Waals surface area contributed by atoms with Crippen LogP contribution >= 0.6 is 0 Å². The highest BCUT2D eigenvalue weighted by molar-refractivity contribution is 7.91. The average molecular weight is 836 g/mol. The van der Waals surface area contributed by atoms with Crippen LogP contribution < -0.4 is 19.5 Å². The summed E-state index contributed by atoms with van der Waals surface area (Å²) in [6.07, 6.45) is -1.43. The first-order chi connectivity index (χ1) is 27.1. The quantitative estimate of drug-likeness (QED) is 0.271. The van der Waals surface area contributed by atoms with Crippen LogP contribution in [0.1, 0.15) is 86.5 Å². The maximum Gasteiger partial charge on any atom is 0.411 e. The molecule has 0 bridgehead atoms. The third kappa shape index (κ3) is 8.57. The number of carbonyl (C=O) groups excluding carboxylic acids is 3. The molecule has 6 rings (SSSR count). The van der Waals surface area contributed by atoms with Gasteiger partial charge in [-0.2, -0.15) is 13.2 Å². The van der Waals surface area contributed by atoms with E-state index in [4.69, 9.17) is 9.47 Å². The van der Waals surface area contributed by atoms with Crippen molar-refractivity contribution >= 4 is 44.6 Å². The van der Waals surface area contributed by atoms with Gasteiger partial charge in [0.1, 0.15) is 35.0 Å². The van der Waals surface area contributed by atoms with Crippen molar-refractivity contribution in [2.24, 2.45) is 17.8 Å². The molecule has 1 aromatic carbocycles. The van der Waals surface area contributed by atoms with Crippen molar-refractivity contribution in [3.05, 3.63) is 42.6 Å². The Morgan fingerprint density at radius 3 is 2.38 bits per heavy atom. The molecule has 18 heteroatoms. The summed E-state index contributed by atoms with van der Waals surface area (Å²) in [5.41, 5.74) is -4.73. The molecule has 0 unspecified atom stereocenters. The van der Waals surface area contributed by atoms with E-state index < -0.39 is 86.4 Å². The van der Waals surface area contributed by atoms with Gasteiger partial charge in [0.25, 0.3) is 5.91 Å². The van der Waals surface area contributed by atoms with Gasteiger partial charge in [-0.3, -0.25) is 24.0 Å². The molecule has 0 spiro atoms. The van der Waals surface area contributed by atoms with E-state index in [0.29, 0.717) is 56.1 Å². The number of benzene rings is 1. The number of pyridine rings is 1. The van der Waals surface area contributed by atoms with Gasteiger partial charge >= 0.3 is 12.3 Å². The first kappa shape index (κ1) is 43.0. The molecule has 0 radical (unpaired) electrons. The van der Waals surface area contributed by atoms with E-state index in [2.05, 4.69) is 15.0 Å². The summed E-state index contributed by atoms with van der Waals surface area (Å²) in [5.74, 6) is -3.96. The monoisotopic (exact) mass is 835 g/mol. The zero-order chi connectivity index (χ0) is 42.5. The number of sulfonamides is 1. The van der Waals surface area contributed by atoms with Gasteiger partial charge in [-0.25, -0.2) is 18.2 Å². The van der Waals surface area contributed by atoms with Gasteiger partial charge in [0.15, 0.2) is 0 Å². The summed E-state index contributed by atoms with van der Waals surface area (Å²) in [7, 11) is -4.02. The number of amides is 4. The standard InChI is InChI=1S/C40H52F3N5O9S/c1-22(2)56-31-20-44-34(29-14-10-9-13-28(29)31)57-26-18-30-33(49)45-39(36(51)46-58(54,55)27-15-16-27)19-25(39)12-8-7-11-23(3)17-24(4)32(35(50)47(30)21-26)48(37(52)53)38(5,6)40(41,42)43/h8-10,12-14,20,22-27,30,32H,7,11,15-19,21H2,1-6H3,(H,45,49)(H,46,51)(H,52,53)/t23-,24-,25-,26-,30+,32+,39-/m1/s1. The van der Waals surface area contributed by atoms with Gasteiger partial charge in [0.2, 0.25) is 27.7 Å². The first-order valence-electron chi connectivity index (χ1n) is 19.7. The van der Waals surface area contributed by atoms with Crippen LogP contribution in [0.5, 0.6) is 11.6 Å². The smallest absolute Gasteiger partial charge is 0.411 e. The van der Waals surface area contributed by atoms with E-state index in [1.54, 1.807) is 30.3 Å². The van der Waals surface area contributed by atoms with Gasteiger partial charge in [0.05, 0.1) is 24.1 Å². The molecule has 2 aromatic rings. The minimum absolute atomic E-state index is 0.0599. The lowest BCUT2D eigenvalue weighted by molar-refractivity contribution is -0.222. The van der Waals surface area contributed by atoms with Crippen molar-refractivity contribution < 1.29 is 55.3 Å². The van der Waals surface area contributed by atoms with Crippen molar-refractivity contribution in [1.82, 2.24) is 24.8 Å². The van der Waals surface area contributed by atoms with Gasteiger partial charge in [0, 0.05) is 23.1 Å². The summed E-state index contributed by atoms with van der Waals surface area (Å²) in [5, 5.41) is 13.7. The first-order valence-corrected chi connectivity index (χ1v) is 21.3. The molecule has 1 aromatic heterocycles. The van der Waals surface area contributed by atoms with E-state index >= 15 is 0 Å². The summed E-state index contributed by atoms with van der Waals surface area (Å²) in [6, 6.07) is 3.75. The molecule has 4 amide bonds. The SMILES string of the molecule is CC(C)Oc1cnc(O[C@@H]2C[C@H]3C(=O)N[C@]4(C(=O)NS(=O)(=O)C5CC5)C[C@H]4C=CCC[C@@H](C)C[C@@H](C)[C@H](N(C(=O)O)C(C)(C)C(F)(F)F)C(=O)N3C2)c2ccccc12. The Morgan fingerprint density at radius 2 is 1.76 bits per heavy atom. The van der Waals surface area contributed by atoms with Crippen LogP contribution in [0.2, 0.25) is 0 Å². The number of nitrogens with zero attached hydrogens (tertiary/aromatic N) is 3.